The number of benzene rings is 1. The summed E-state index contributed by atoms with van der Waals surface area (Å²) in [6, 6.07) is 4.64. The van der Waals surface area contributed by atoms with Gasteiger partial charge in [0.05, 0.1) is 4.90 Å². The van der Waals surface area contributed by atoms with Crippen LogP contribution in [0.4, 0.5) is 0 Å². The molecule has 0 aliphatic carbocycles. The van der Waals surface area contributed by atoms with E-state index in [1.807, 2.05) is 6.92 Å². The lowest BCUT2D eigenvalue weighted by Gasteiger charge is -2.30. The van der Waals surface area contributed by atoms with E-state index < -0.39 is 27.9 Å². The van der Waals surface area contributed by atoms with Crippen molar-refractivity contribution in [1.29, 1.82) is 0 Å². The van der Waals surface area contributed by atoms with Crippen molar-refractivity contribution in [3.63, 3.8) is 0 Å². The lowest BCUT2D eigenvalue weighted by atomic mass is 10.0. The Morgan fingerprint density at radius 1 is 1.32 bits per heavy atom. The van der Waals surface area contributed by atoms with Crippen molar-refractivity contribution in [2.24, 2.45) is 5.92 Å². The Bertz CT molecular complexity index is 730. The number of carboxylic acids is 1. The summed E-state index contributed by atoms with van der Waals surface area (Å²) in [5, 5.41) is 11.4. The van der Waals surface area contributed by atoms with Crippen LogP contribution in [0.3, 0.4) is 0 Å². The zero-order chi connectivity index (χ0) is 18.6. The zero-order valence-corrected chi connectivity index (χ0v) is 15.3. The Balaban J connectivity index is 2.13. The number of rotatable bonds is 6. The number of nitrogens with zero attached hydrogens (tertiary/aromatic N) is 1. The molecule has 2 unspecified atom stereocenters. The summed E-state index contributed by atoms with van der Waals surface area (Å²) in [5.74, 6) is -1.31. The SMILES string of the molecule is CCC(NC(=O)c1ccc(S(=O)(=O)N2CCCC(C)C2)cc1)C(=O)O. The van der Waals surface area contributed by atoms with E-state index in [9.17, 15) is 18.0 Å². The summed E-state index contributed by atoms with van der Waals surface area (Å²) in [6.45, 7) is 4.70. The third-order valence-corrected chi connectivity index (χ3v) is 6.27. The second-order valence-electron chi connectivity index (χ2n) is 6.41. The predicted octanol–water partition coefficient (Wildman–Crippen LogP) is 1.70. The second kappa shape index (κ2) is 7.97. The maximum atomic E-state index is 12.7. The van der Waals surface area contributed by atoms with Crippen LogP contribution in [0.1, 0.15) is 43.5 Å². The van der Waals surface area contributed by atoms with Crippen molar-refractivity contribution in [2.45, 2.75) is 44.0 Å². The quantitative estimate of drug-likeness (QED) is 0.795. The van der Waals surface area contributed by atoms with E-state index in [-0.39, 0.29) is 16.9 Å². The molecular weight excluding hydrogens is 344 g/mol. The molecule has 1 saturated heterocycles. The van der Waals surface area contributed by atoms with Crippen LogP contribution in [0.2, 0.25) is 0 Å². The molecule has 2 atom stereocenters. The molecule has 7 nitrogen and oxygen atoms in total. The number of carbonyl (C=O) groups excluding carboxylic acids is 1. The molecule has 1 fully saturated rings. The van der Waals surface area contributed by atoms with Crippen LogP contribution in [0, 0.1) is 5.92 Å². The monoisotopic (exact) mass is 368 g/mol. The minimum absolute atomic E-state index is 0.142. The Morgan fingerprint density at radius 3 is 2.48 bits per heavy atom. The van der Waals surface area contributed by atoms with Gasteiger partial charge in [-0.3, -0.25) is 4.79 Å². The average molecular weight is 368 g/mol. The van der Waals surface area contributed by atoms with E-state index in [2.05, 4.69) is 5.32 Å². The predicted molar refractivity (Wildman–Crippen MR) is 92.8 cm³/mol. The molecule has 1 aliphatic rings. The molecule has 1 amide bonds. The third-order valence-electron chi connectivity index (χ3n) is 4.39. The summed E-state index contributed by atoms with van der Waals surface area (Å²) in [6.07, 6.45) is 2.13. The van der Waals surface area contributed by atoms with E-state index in [0.717, 1.165) is 12.8 Å². The van der Waals surface area contributed by atoms with Gasteiger partial charge in [0.2, 0.25) is 10.0 Å². The maximum Gasteiger partial charge on any atom is 0.326 e. The third kappa shape index (κ3) is 4.58. The standard InChI is InChI=1S/C17H24N2O5S/c1-3-15(17(21)22)18-16(20)13-6-8-14(9-7-13)25(23,24)19-10-4-5-12(2)11-19/h6-9,12,15H,3-5,10-11H2,1-2H3,(H,18,20)(H,21,22). The minimum atomic E-state index is -3.57. The lowest BCUT2D eigenvalue weighted by molar-refractivity contribution is -0.139. The second-order valence-corrected chi connectivity index (χ2v) is 8.35. The Morgan fingerprint density at radius 2 is 1.96 bits per heavy atom. The van der Waals surface area contributed by atoms with Crippen LogP contribution in [0.15, 0.2) is 29.2 Å². The molecule has 25 heavy (non-hydrogen) atoms. The summed E-state index contributed by atoms with van der Waals surface area (Å²) in [7, 11) is -3.57. The number of piperidine rings is 1. The smallest absolute Gasteiger partial charge is 0.326 e. The molecule has 1 aromatic rings. The van der Waals surface area contributed by atoms with Gasteiger partial charge < -0.3 is 10.4 Å². The first-order valence-corrected chi connectivity index (χ1v) is 9.83. The molecule has 2 N–H and O–H groups in total. The first-order valence-electron chi connectivity index (χ1n) is 8.39. The highest BCUT2D eigenvalue weighted by Gasteiger charge is 2.28. The summed E-state index contributed by atoms with van der Waals surface area (Å²) >= 11 is 0. The molecule has 0 radical (unpaired) electrons. The fourth-order valence-corrected chi connectivity index (χ4v) is 4.47. The van der Waals surface area contributed by atoms with Gasteiger partial charge in [0.1, 0.15) is 6.04 Å². The topological polar surface area (TPSA) is 104 Å². The maximum absolute atomic E-state index is 12.7. The molecule has 1 aliphatic heterocycles. The average Bonchev–Trinajstić information content (AvgIpc) is 2.59. The van der Waals surface area contributed by atoms with Gasteiger partial charge in [-0.15, -0.1) is 0 Å². The molecular formula is C17H24N2O5S. The first kappa shape index (κ1) is 19.4. The fraction of sp³-hybridized carbons (Fsp3) is 0.529. The van der Waals surface area contributed by atoms with Gasteiger partial charge in [0.15, 0.2) is 0 Å². The number of nitrogens with one attached hydrogen (secondary N) is 1. The van der Waals surface area contributed by atoms with Crippen LogP contribution < -0.4 is 5.32 Å². The van der Waals surface area contributed by atoms with Crippen molar-refractivity contribution < 1.29 is 23.1 Å². The number of amides is 1. The molecule has 0 bridgehead atoms. The van der Waals surface area contributed by atoms with Gasteiger partial charge in [-0.25, -0.2) is 13.2 Å². The van der Waals surface area contributed by atoms with Crippen LogP contribution in [0.25, 0.3) is 0 Å². The van der Waals surface area contributed by atoms with Crippen molar-refractivity contribution in [3.05, 3.63) is 29.8 Å². The Labute approximate surface area is 148 Å². The molecule has 0 aromatic heterocycles. The Kier molecular flexibility index (Phi) is 6.18. The van der Waals surface area contributed by atoms with Gasteiger partial charge in [-0.05, 0) is 49.4 Å². The van der Waals surface area contributed by atoms with Crippen molar-refractivity contribution in [2.75, 3.05) is 13.1 Å². The number of carbonyl (C=O) groups is 2. The van der Waals surface area contributed by atoms with Gasteiger partial charge in [-0.1, -0.05) is 13.8 Å². The molecule has 138 valence electrons. The van der Waals surface area contributed by atoms with Crippen LogP contribution in [0.5, 0.6) is 0 Å². The van der Waals surface area contributed by atoms with Crippen LogP contribution in [-0.2, 0) is 14.8 Å². The molecule has 0 spiro atoms. The van der Waals surface area contributed by atoms with E-state index in [1.165, 1.54) is 28.6 Å². The van der Waals surface area contributed by atoms with Crippen LogP contribution >= 0.6 is 0 Å². The number of hydrogen-bond donors (Lipinski definition) is 2. The van der Waals surface area contributed by atoms with Crippen LogP contribution in [-0.4, -0.2) is 48.8 Å². The number of carboxylic acid groups (broad SMARTS) is 1. The fourth-order valence-electron chi connectivity index (χ4n) is 2.87. The van der Waals surface area contributed by atoms with Gasteiger partial charge in [0, 0.05) is 18.7 Å². The van der Waals surface area contributed by atoms with Crippen molar-refractivity contribution in [1.82, 2.24) is 9.62 Å². The molecule has 2 rings (SSSR count). The zero-order valence-electron chi connectivity index (χ0n) is 14.4. The summed E-state index contributed by atoms with van der Waals surface area (Å²) < 4.78 is 26.8. The van der Waals surface area contributed by atoms with Gasteiger partial charge in [0.25, 0.3) is 5.91 Å². The first-order chi connectivity index (χ1) is 11.8. The summed E-state index contributed by atoms with van der Waals surface area (Å²) in [5.41, 5.74) is 0.227. The van der Waals surface area contributed by atoms with Gasteiger partial charge in [-0.2, -0.15) is 4.31 Å². The highest BCUT2D eigenvalue weighted by atomic mass is 32.2. The van der Waals surface area contributed by atoms with E-state index in [0.29, 0.717) is 19.0 Å². The van der Waals surface area contributed by atoms with E-state index >= 15 is 0 Å². The van der Waals surface area contributed by atoms with E-state index in [1.54, 1.807) is 6.92 Å². The minimum Gasteiger partial charge on any atom is -0.480 e. The highest BCUT2D eigenvalue weighted by molar-refractivity contribution is 7.89. The normalized spacial score (nSPS) is 20.0. The largest absolute Gasteiger partial charge is 0.480 e. The molecule has 1 heterocycles. The molecule has 1 aromatic carbocycles. The van der Waals surface area contributed by atoms with Crippen molar-refractivity contribution in [3.8, 4) is 0 Å². The Hall–Kier alpha value is -1.93. The van der Waals surface area contributed by atoms with E-state index in [4.69, 9.17) is 5.11 Å². The number of aliphatic carboxylic acids is 1. The highest BCUT2D eigenvalue weighted by Crippen LogP contribution is 2.23. The number of hydrogen-bond acceptors (Lipinski definition) is 4. The molecule has 0 saturated carbocycles. The molecule has 8 heteroatoms. The summed E-state index contributed by atoms with van der Waals surface area (Å²) in [4.78, 5) is 23.2. The van der Waals surface area contributed by atoms with Gasteiger partial charge >= 0.3 is 5.97 Å². The lowest BCUT2D eigenvalue weighted by Crippen LogP contribution is -2.40. The van der Waals surface area contributed by atoms with Crippen molar-refractivity contribution >= 4 is 21.9 Å². The number of sulfonamides is 1.